The molecule has 5 nitrogen and oxygen atoms in total. The van der Waals surface area contributed by atoms with Crippen LogP contribution in [0.5, 0.6) is 0 Å². The van der Waals surface area contributed by atoms with E-state index in [1.807, 2.05) is 0 Å². The van der Waals surface area contributed by atoms with Crippen molar-refractivity contribution >= 4 is 0 Å². The first-order chi connectivity index (χ1) is 13.0. The standard InChI is InChI=1S/C18H14F4N4O/c19-11-3-1-4-12(20)14(11)18(5-2-6-18)7-13-23-8-10(9-24-13)16-25-26-17(27-16)15(21)22/h1,3-4,8-9,15H,2,5-7H2. The van der Waals surface area contributed by atoms with E-state index in [9.17, 15) is 17.6 Å². The normalized spacial score (nSPS) is 15.7. The molecule has 0 unspecified atom stereocenters. The second-order valence-electron chi connectivity index (χ2n) is 6.54. The molecule has 4 rings (SSSR count). The van der Waals surface area contributed by atoms with Gasteiger partial charge in [0.25, 0.3) is 11.8 Å². The van der Waals surface area contributed by atoms with Crippen molar-refractivity contribution in [3.05, 3.63) is 59.5 Å². The number of rotatable bonds is 5. The van der Waals surface area contributed by atoms with Gasteiger partial charge in [-0.2, -0.15) is 8.78 Å². The first-order valence-electron chi connectivity index (χ1n) is 8.36. The van der Waals surface area contributed by atoms with Gasteiger partial charge in [-0.1, -0.05) is 12.5 Å². The van der Waals surface area contributed by atoms with Gasteiger partial charge in [0, 0.05) is 29.8 Å². The minimum absolute atomic E-state index is 0.0717. The van der Waals surface area contributed by atoms with E-state index in [4.69, 9.17) is 4.42 Å². The summed E-state index contributed by atoms with van der Waals surface area (Å²) in [7, 11) is 0. The molecule has 0 spiro atoms. The van der Waals surface area contributed by atoms with E-state index in [1.54, 1.807) is 0 Å². The van der Waals surface area contributed by atoms with Crippen LogP contribution in [0.4, 0.5) is 17.6 Å². The molecule has 3 aromatic rings. The first kappa shape index (κ1) is 17.6. The molecule has 0 N–H and O–H groups in total. The van der Waals surface area contributed by atoms with Crippen molar-refractivity contribution in [2.24, 2.45) is 0 Å². The fourth-order valence-electron chi connectivity index (χ4n) is 3.42. The van der Waals surface area contributed by atoms with Crippen LogP contribution in [-0.2, 0) is 11.8 Å². The Morgan fingerprint density at radius 2 is 1.70 bits per heavy atom. The summed E-state index contributed by atoms with van der Waals surface area (Å²) in [6.45, 7) is 0. The lowest BCUT2D eigenvalue weighted by Gasteiger charge is -2.42. The third kappa shape index (κ3) is 3.17. The maximum atomic E-state index is 14.3. The lowest BCUT2D eigenvalue weighted by atomic mass is 9.62. The number of hydrogen-bond donors (Lipinski definition) is 0. The van der Waals surface area contributed by atoms with Gasteiger partial charge in [-0.05, 0) is 25.0 Å². The van der Waals surface area contributed by atoms with Crippen molar-refractivity contribution in [3.63, 3.8) is 0 Å². The van der Waals surface area contributed by atoms with Gasteiger partial charge in [0.2, 0.25) is 0 Å². The maximum absolute atomic E-state index is 14.3. The number of benzene rings is 1. The van der Waals surface area contributed by atoms with E-state index >= 15 is 0 Å². The zero-order valence-electron chi connectivity index (χ0n) is 14.0. The summed E-state index contributed by atoms with van der Waals surface area (Å²) in [5.41, 5.74) is -0.315. The van der Waals surface area contributed by atoms with Crippen LogP contribution < -0.4 is 0 Å². The average Bonchev–Trinajstić information content (AvgIpc) is 3.10. The molecule has 140 valence electrons. The molecular weight excluding hydrogens is 364 g/mol. The molecule has 27 heavy (non-hydrogen) atoms. The molecule has 1 fully saturated rings. The van der Waals surface area contributed by atoms with Gasteiger partial charge in [-0.25, -0.2) is 18.7 Å². The lowest BCUT2D eigenvalue weighted by Crippen LogP contribution is -2.39. The highest BCUT2D eigenvalue weighted by Crippen LogP contribution is 2.47. The van der Waals surface area contributed by atoms with Crippen molar-refractivity contribution in [2.45, 2.75) is 37.5 Å². The maximum Gasteiger partial charge on any atom is 0.314 e. The second kappa shape index (κ2) is 6.71. The number of alkyl halides is 2. The number of aromatic nitrogens is 4. The molecule has 0 aliphatic heterocycles. The molecule has 9 heteroatoms. The van der Waals surface area contributed by atoms with Gasteiger partial charge in [0.05, 0.1) is 5.56 Å². The number of nitrogens with zero attached hydrogens (tertiary/aromatic N) is 4. The Kier molecular flexibility index (Phi) is 4.37. The Hall–Kier alpha value is -2.84. The summed E-state index contributed by atoms with van der Waals surface area (Å²) in [5.74, 6) is -1.64. The van der Waals surface area contributed by atoms with Gasteiger partial charge in [-0.3, -0.25) is 0 Å². The van der Waals surface area contributed by atoms with Gasteiger partial charge < -0.3 is 4.42 Å². The van der Waals surface area contributed by atoms with Crippen molar-refractivity contribution in [1.29, 1.82) is 0 Å². The number of halogens is 4. The zero-order valence-corrected chi connectivity index (χ0v) is 14.0. The second-order valence-corrected chi connectivity index (χ2v) is 6.54. The lowest BCUT2D eigenvalue weighted by molar-refractivity contribution is 0.116. The minimum atomic E-state index is -2.86. The smallest absolute Gasteiger partial charge is 0.314 e. The molecule has 0 saturated heterocycles. The summed E-state index contributed by atoms with van der Waals surface area (Å²) in [4.78, 5) is 8.38. The van der Waals surface area contributed by atoms with Crippen LogP contribution in [0.25, 0.3) is 11.5 Å². The Labute approximate surface area is 151 Å². The summed E-state index contributed by atoms with van der Waals surface area (Å²) < 4.78 is 58.4. The SMILES string of the molecule is Fc1cccc(F)c1C1(Cc2ncc(-c3nnc(C(F)F)o3)cn2)CCC1. The van der Waals surface area contributed by atoms with Crippen LogP contribution in [0.2, 0.25) is 0 Å². The highest BCUT2D eigenvalue weighted by molar-refractivity contribution is 5.48. The fraction of sp³-hybridized carbons (Fsp3) is 0.333. The van der Waals surface area contributed by atoms with Crippen LogP contribution in [0.15, 0.2) is 35.0 Å². The van der Waals surface area contributed by atoms with Crippen LogP contribution in [-0.4, -0.2) is 20.2 Å². The molecule has 2 heterocycles. The van der Waals surface area contributed by atoms with E-state index in [0.29, 0.717) is 18.7 Å². The first-order valence-corrected chi connectivity index (χ1v) is 8.36. The predicted molar refractivity (Wildman–Crippen MR) is 85.9 cm³/mol. The van der Waals surface area contributed by atoms with E-state index in [1.165, 1.54) is 30.6 Å². The van der Waals surface area contributed by atoms with E-state index < -0.39 is 29.4 Å². The van der Waals surface area contributed by atoms with Crippen molar-refractivity contribution in [2.75, 3.05) is 0 Å². The van der Waals surface area contributed by atoms with Crippen molar-refractivity contribution in [1.82, 2.24) is 20.2 Å². The highest BCUT2D eigenvalue weighted by atomic mass is 19.3. The Morgan fingerprint density at radius 1 is 1.04 bits per heavy atom. The molecule has 1 aromatic carbocycles. The molecule has 0 radical (unpaired) electrons. The van der Waals surface area contributed by atoms with Crippen LogP contribution in [0.3, 0.4) is 0 Å². The Morgan fingerprint density at radius 3 is 2.22 bits per heavy atom. The van der Waals surface area contributed by atoms with E-state index in [-0.39, 0.29) is 23.4 Å². The summed E-state index contributed by atoms with van der Waals surface area (Å²) >= 11 is 0. The largest absolute Gasteiger partial charge is 0.415 e. The van der Waals surface area contributed by atoms with Crippen molar-refractivity contribution in [3.8, 4) is 11.5 Å². The molecular formula is C18H14F4N4O. The Bertz CT molecular complexity index is 934. The Balaban J connectivity index is 1.59. The van der Waals surface area contributed by atoms with Crippen molar-refractivity contribution < 1.29 is 22.0 Å². The zero-order chi connectivity index (χ0) is 19.0. The van der Waals surface area contributed by atoms with Crippen LogP contribution >= 0.6 is 0 Å². The molecule has 0 bridgehead atoms. The third-order valence-corrected chi connectivity index (χ3v) is 4.88. The van der Waals surface area contributed by atoms with Gasteiger partial charge in [0.15, 0.2) is 0 Å². The van der Waals surface area contributed by atoms with E-state index in [0.717, 1.165) is 6.42 Å². The van der Waals surface area contributed by atoms with E-state index in [2.05, 4.69) is 20.2 Å². The molecule has 0 atom stereocenters. The van der Waals surface area contributed by atoms with Gasteiger partial charge >= 0.3 is 6.43 Å². The minimum Gasteiger partial charge on any atom is -0.415 e. The quantitative estimate of drug-likeness (QED) is 0.616. The third-order valence-electron chi connectivity index (χ3n) is 4.88. The summed E-state index contributed by atoms with van der Waals surface area (Å²) in [5, 5.41) is 6.78. The van der Waals surface area contributed by atoms with Gasteiger partial charge in [-0.15, -0.1) is 10.2 Å². The highest BCUT2D eigenvalue weighted by Gasteiger charge is 2.43. The van der Waals surface area contributed by atoms with Crippen LogP contribution in [0.1, 0.15) is 43.0 Å². The predicted octanol–water partition coefficient (Wildman–Crippen LogP) is 4.41. The topological polar surface area (TPSA) is 64.7 Å². The van der Waals surface area contributed by atoms with Crippen LogP contribution in [0, 0.1) is 11.6 Å². The molecule has 1 saturated carbocycles. The monoisotopic (exact) mass is 378 g/mol. The van der Waals surface area contributed by atoms with Gasteiger partial charge in [0.1, 0.15) is 17.5 Å². The number of hydrogen-bond acceptors (Lipinski definition) is 5. The molecule has 2 aromatic heterocycles. The summed E-state index contributed by atoms with van der Waals surface area (Å²) in [6.07, 6.45) is 2.29. The molecule has 1 aliphatic carbocycles. The molecule has 1 aliphatic rings. The molecule has 0 amide bonds. The fourth-order valence-corrected chi connectivity index (χ4v) is 3.42. The summed E-state index contributed by atoms with van der Waals surface area (Å²) in [6, 6.07) is 3.83. The average molecular weight is 378 g/mol.